The zero-order chi connectivity index (χ0) is 23.8. The summed E-state index contributed by atoms with van der Waals surface area (Å²) < 4.78 is 48.8. The lowest BCUT2D eigenvalue weighted by Gasteiger charge is -2.23. The number of benzene rings is 2. The molecule has 0 unspecified atom stereocenters. The van der Waals surface area contributed by atoms with E-state index in [1.807, 2.05) is 0 Å². The van der Waals surface area contributed by atoms with Gasteiger partial charge in [-0.25, -0.2) is 9.69 Å². The summed E-state index contributed by atoms with van der Waals surface area (Å²) in [6.45, 7) is 3.49. The number of anilines is 1. The van der Waals surface area contributed by atoms with Gasteiger partial charge in [-0.1, -0.05) is 33.6 Å². The first-order chi connectivity index (χ1) is 14.7. The molecule has 5 nitrogen and oxygen atoms in total. The van der Waals surface area contributed by atoms with Crippen LogP contribution in [0.25, 0.3) is 11.6 Å². The molecule has 0 bridgehead atoms. The second-order valence-corrected chi connectivity index (χ2v) is 9.28. The Morgan fingerprint density at radius 1 is 1.16 bits per heavy atom. The van der Waals surface area contributed by atoms with Crippen LogP contribution in [0.3, 0.4) is 0 Å². The molecule has 32 heavy (non-hydrogen) atoms. The highest BCUT2D eigenvalue weighted by molar-refractivity contribution is 9.10. The molecule has 2 amide bonds. The summed E-state index contributed by atoms with van der Waals surface area (Å²) in [6.07, 6.45) is -4.05. The highest BCUT2D eigenvalue weighted by Crippen LogP contribution is 2.41. The van der Waals surface area contributed by atoms with E-state index in [2.05, 4.69) is 15.9 Å². The largest absolute Gasteiger partial charge is 0.483 e. The summed E-state index contributed by atoms with van der Waals surface area (Å²) >= 11 is 9.34. The van der Waals surface area contributed by atoms with Crippen LogP contribution < -0.4 is 9.64 Å². The van der Waals surface area contributed by atoms with Crippen LogP contribution in [0.15, 0.2) is 40.9 Å². The van der Waals surface area contributed by atoms with E-state index in [9.17, 15) is 22.8 Å². The van der Waals surface area contributed by atoms with Crippen LogP contribution in [-0.2, 0) is 9.53 Å². The van der Waals surface area contributed by atoms with E-state index < -0.39 is 30.4 Å². The fourth-order valence-electron chi connectivity index (χ4n) is 2.97. The first kappa shape index (κ1) is 24.1. The van der Waals surface area contributed by atoms with Crippen molar-refractivity contribution in [3.63, 3.8) is 0 Å². The highest BCUT2D eigenvalue weighted by atomic mass is 79.9. The van der Waals surface area contributed by atoms with Crippen LogP contribution in [0.4, 0.5) is 23.7 Å². The van der Waals surface area contributed by atoms with Crippen molar-refractivity contribution in [2.24, 2.45) is 0 Å². The van der Waals surface area contributed by atoms with E-state index in [1.165, 1.54) is 30.3 Å². The van der Waals surface area contributed by atoms with Gasteiger partial charge < -0.3 is 9.47 Å². The molecule has 1 heterocycles. The zero-order valence-electron chi connectivity index (χ0n) is 17.2. The first-order valence-electron chi connectivity index (χ1n) is 9.33. The number of carbonyl (C=O) groups is 2. The average molecular weight is 533 g/mol. The van der Waals surface area contributed by atoms with Crippen LogP contribution in [-0.4, -0.2) is 30.4 Å². The number of imide groups is 1. The third kappa shape index (κ3) is 5.63. The Bertz CT molecular complexity index is 1110. The van der Waals surface area contributed by atoms with E-state index in [1.54, 1.807) is 32.9 Å². The Morgan fingerprint density at radius 2 is 1.84 bits per heavy atom. The molecule has 0 fully saturated rings. The molecule has 3 rings (SSSR count). The molecule has 0 aromatic heterocycles. The summed E-state index contributed by atoms with van der Waals surface area (Å²) in [6, 6.07) is 8.93. The molecule has 0 saturated heterocycles. The Labute approximate surface area is 195 Å². The number of rotatable bonds is 3. The number of hydrogen-bond acceptors (Lipinski definition) is 4. The molecule has 0 N–H and O–H groups in total. The minimum absolute atomic E-state index is 0.0722. The predicted octanol–water partition coefficient (Wildman–Crippen LogP) is 6.87. The second kappa shape index (κ2) is 8.78. The van der Waals surface area contributed by atoms with Gasteiger partial charge in [0.1, 0.15) is 11.4 Å². The van der Waals surface area contributed by atoms with E-state index in [0.29, 0.717) is 15.1 Å². The molecule has 1 aliphatic heterocycles. The minimum atomic E-state index is -4.53. The molecule has 0 spiro atoms. The molecule has 170 valence electrons. The van der Waals surface area contributed by atoms with Gasteiger partial charge in [-0.05, 0) is 57.2 Å². The Kier molecular flexibility index (Phi) is 6.62. The summed E-state index contributed by atoms with van der Waals surface area (Å²) in [5.74, 6) is -0.768. The smallest absolute Gasteiger partial charge is 0.422 e. The van der Waals surface area contributed by atoms with E-state index >= 15 is 0 Å². The number of hydrogen-bond donors (Lipinski definition) is 0. The Morgan fingerprint density at radius 3 is 2.47 bits per heavy atom. The number of fused-ring (bicyclic) bond motifs is 1. The predicted molar refractivity (Wildman–Crippen MR) is 119 cm³/mol. The van der Waals surface area contributed by atoms with Crippen LogP contribution in [0.1, 0.15) is 31.9 Å². The Balaban J connectivity index is 2.08. The molecule has 0 radical (unpaired) electrons. The quantitative estimate of drug-likeness (QED) is 0.405. The Hall–Kier alpha value is -2.52. The normalized spacial score (nSPS) is 15.2. The van der Waals surface area contributed by atoms with Gasteiger partial charge >= 0.3 is 12.3 Å². The highest BCUT2D eigenvalue weighted by Gasteiger charge is 2.39. The van der Waals surface area contributed by atoms with Crippen molar-refractivity contribution in [3.8, 4) is 5.75 Å². The molecule has 2 aromatic carbocycles. The van der Waals surface area contributed by atoms with Gasteiger partial charge in [0.05, 0.1) is 11.3 Å². The van der Waals surface area contributed by atoms with E-state index in [-0.39, 0.29) is 22.6 Å². The lowest BCUT2D eigenvalue weighted by Crippen LogP contribution is -2.38. The summed E-state index contributed by atoms with van der Waals surface area (Å²) in [4.78, 5) is 26.8. The first-order valence-corrected chi connectivity index (χ1v) is 10.5. The van der Waals surface area contributed by atoms with E-state index in [0.717, 1.165) is 4.90 Å². The van der Waals surface area contributed by atoms with Crippen molar-refractivity contribution in [2.45, 2.75) is 32.5 Å². The van der Waals surface area contributed by atoms with Crippen LogP contribution in [0, 0.1) is 0 Å². The van der Waals surface area contributed by atoms with Crippen LogP contribution >= 0.6 is 27.5 Å². The topological polar surface area (TPSA) is 55.8 Å². The molecule has 1 aliphatic rings. The zero-order valence-corrected chi connectivity index (χ0v) is 19.6. The minimum Gasteiger partial charge on any atom is -0.483 e. The van der Waals surface area contributed by atoms with Gasteiger partial charge in [-0.3, -0.25) is 4.79 Å². The maximum atomic E-state index is 13.2. The number of halogens is 5. The maximum Gasteiger partial charge on any atom is 0.422 e. The fraction of sp³-hybridized carbons (Fsp3) is 0.273. The van der Waals surface area contributed by atoms with Crippen molar-refractivity contribution in [2.75, 3.05) is 11.5 Å². The third-order valence-corrected chi connectivity index (χ3v) is 4.89. The van der Waals surface area contributed by atoms with E-state index in [4.69, 9.17) is 21.1 Å². The lowest BCUT2D eigenvalue weighted by molar-refractivity contribution is -0.153. The van der Waals surface area contributed by atoms with Gasteiger partial charge in [-0.15, -0.1) is 0 Å². The number of alkyl halides is 3. The van der Waals surface area contributed by atoms with Gasteiger partial charge in [0, 0.05) is 20.6 Å². The summed E-state index contributed by atoms with van der Waals surface area (Å²) in [5, 5.41) is 0.294. The summed E-state index contributed by atoms with van der Waals surface area (Å²) in [5.41, 5.74) is 0.0463. The molecule has 10 heteroatoms. The molecule has 0 atom stereocenters. The van der Waals surface area contributed by atoms with Crippen LogP contribution in [0.5, 0.6) is 5.75 Å². The molecule has 0 saturated carbocycles. The van der Waals surface area contributed by atoms with Gasteiger partial charge in [0.15, 0.2) is 6.61 Å². The SMILES string of the molecule is CC(C)(C)OC(=O)N1C(=O)C(=Cc2cc(Br)ccc2OCC(F)(F)F)c2ccc(Cl)cc21. The standard InChI is InChI=1S/C22H18BrClF3NO4/c1-21(2,3)32-20(30)28-17-10-14(24)5-6-15(17)16(19(28)29)9-12-8-13(23)4-7-18(12)31-11-22(25,26)27/h4-10H,11H2,1-3H3. The fourth-order valence-corrected chi connectivity index (χ4v) is 3.51. The second-order valence-electron chi connectivity index (χ2n) is 7.93. The van der Waals surface area contributed by atoms with Crippen molar-refractivity contribution >= 4 is 56.9 Å². The number of ether oxygens (including phenoxy) is 2. The molecular weight excluding hydrogens is 515 g/mol. The molecular formula is C22H18BrClF3NO4. The summed E-state index contributed by atoms with van der Waals surface area (Å²) in [7, 11) is 0. The van der Waals surface area contributed by atoms with Gasteiger partial charge in [-0.2, -0.15) is 13.2 Å². The van der Waals surface area contributed by atoms with Crippen molar-refractivity contribution < 1.29 is 32.2 Å². The number of amides is 2. The van der Waals surface area contributed by atoms with Gasteiger partial charge in [0.2, 0.25) is 0 Å². The van der Waals surface area contributed by atoms with Gasteiger partial charge in [0.25, 0.3) is 5.91 Å². The van der Waals surface area contributed by atoms with Crippen molar-refractivity contribution in [1.82, 2.24) is 0 Å². The van der Waals surface area contributed by atoms with Crippen molar-refractivity contribution in [1.29, 1.82) is 0 Å². The number of carbonyl (C=O) groups excluding carboxylic acids is 2. The average Bonchev–Trinajstić information content (AvgIpc) is 2.90. The third-order valence-electron chi connectivity index (χ3n) is 4.16. The molecule has 2 aromatic rings. The van der Waals surface area contributed by atoms with Crippen LogP contribution in [0.2, 0.25) is 5.02 Å². The number of nitrogens with zero attached hydrogens (tertiary/aromatic N) is 1. The monoisotopic (exact) mass is 531 g/mol. The lowest BCUT2D eigenvalue weighted by atomic mass is 10.0. The maximum absolute atomic E-state index is 13.2. The van der Waals surface area contributed by atoms with Crippen molar-refractivity contribution in [3.05, 3.63) is 57.0 Å². The molecule has 0 aliphatic carbocycles.